The summed E-state index contributed by atoms with van der Waals surface area (Å²) < 4.78 is 16.1. The van der Waals surface area contributed by atoms with Gasteiger partial charge in [0.05, 0.1) is 5.69 Å². The molecule has 0 unspecified atom stereocenters. The standard InChI is InChI=1S/C15H13BrFN3/c16-14-5-4-12(17)7-11(14)8-18-9-13-10-20-6-2-1-3-15(20)19-13/h1-7,10,18H,8-9H2. The molecular formula is C15H13BrFN3. The van der Waals surface area contributed by atoms with Crippen LogP contribution in [0.15, 0.2) is 53.3 Å². The first-order chi connectivity index (χ1) is 9.72. The summed E-state index contributed by atoms with van der Waals surface area (Å²) in [4.78, 5) is 4.50. The van der Waals surface area contributed by atoms with Crippen molar-refractivity contribution in [3.8, 4) is 0 Å². The van der Waals surface area contributed by atoms with E-state index in [-0.39, 0.29) is 5.82 Å². The van der Waals surface area contributed by atoms with Crippen LogP contribution >= 0.6 is 15.9 Å². The predicted octanol–water partition coefficient (Wildman–Crippen LogP) is 3.53. The quantitative estimate of drug-likeness (QED) is 0.791. The van der Waals surface area contributed by atoms with Crippen molar-refractivity contribution >= 4 is 21.6 Å². The lowest BCUT2D eigenvalue weighted by Crippen LogP contribution is -2.13. The van der Waals surface area contributed by atoms with Crippen LogP contribution < -0.4 is 5.32 Å². The number of fused-ring (bicyclic) bond motifs is 1. The molecule has 0 atom stereocenters. The van der Waals surface area contributed by atoms with Crippen molar-refractivity contribution in [2.75, 3.05) is 0 Å². The zero-order valence-corrected chi connectivity index (χ0v) is 12.3. The molecule has 0 saturated heterocycles. The first-order valence-corrected chi connectivity index (χ1v) is 7.09. The Hall–Kier alpha value is -1.72. The highest BCUT2D eigenvalue weighted by atomic mass is 79.9. The number of benzene rings is 1. The molecule has 3 nitrogen and oxygen atoms in total. The maximum atomic E-state index is 13.2. The molecule has 1 N–H and O–H groups in total. The van der Waals surface area contributed by atoms with Gasteiger partial charge in [-0.1, -0.05) is 22.0 Å². The Balaban J connectivity index is 1.66. The second-order valence-electron chi connectivity index (χ2n) is 4.54. The number of nitrogens with zero attached hydrogens (tertiary/aromatic N) is 2. The van der Waals surface area contributed by atoms with Gasteiger partial charge in [-0.3, -0.25) is 0 Å². The molecular weight excluding hydrogens is 321 g/mol. The van der Waals surface area contributed by atoms with Crippen LogP contribution in [0.3, 0.4) is 0 Å². The zero-order chi connectivity index (χ0) is 13.9. The van der Waals surface area contributed by atoms with Gasteiger partial charge < -0.3 is 9.72 Å². The van der Waals surface area contributed by atoms with Crippen molar-refractivity contribution in [3.63, 3.8) is 0 Å². The van der Waals surface area contributed by atoms with Crippen LogP contribution in [-0.2, 0) is 13.1 Å². The molecule has 0 amide bonds. The van der Waals surface area contributed by atoms with Crippen LogP contribution in [0.25, 0.3) is 5.65 Å². The first kappa shape index (κ1) is 13.3. The third kappa shape index (κ3) is 2.89. The van der Waals surface area contributed by atoms with E-state index in [1.165, 1.54) is 12.1 Å². The van der Waals surface area contributed by atoms with Crippen LogP contribution in [0, 0.1) is 5.82 Å². The molecule has 5 heteroatoms. The summed E-state index contributed by atoms with van der Waals surface area (Å²) >= 11 is 3.42. The van der Waals surface area contributed by atoms with E-state index in [9.17, 15) is 4.39 Å². The lowest BCUT2D eigenvalue weighted by atomic mass is 10.2. The van der Waals surface area contributed by atoms with E-state index < -0.39 is 0 Å². The van der Waals surface area contributed by atoms with E-state index in [1.54, 1.807) is 6.07 Å². The number of hydrogen-bond acceptors (Lipinski definition) is 2. The van der Waals surface area contributed by atoms with Crippen LogP contribution in [0.1, 0.15) is 11.3 Å². The average Bonchev–Trinajstić information content (AvgIpc) is 2.85. The average molecular weight is 334 g/mol. The largest absolute Gasteiger partial charge is 0.307 e. The fraction of sp³-hybridized carbons (Fsp3) is 0.133. The Labute approximate surface area is 124 Å². The van der Waals surface area contributed by atoms with E-state index in [1.807, 2.05) is 35.0 Å². The van der Waals surface area contributed by atoms with E-state index in [0.29, 0.717) is 13.1 Å². The number of halogens is 2. The SMILES string of the molecule is Fc1ccc(Br)c(CNCc2cn3ccccc3n2)c1. The maximum Gasteiger partial charge on any atom is 0.137 e. The molecule has 0 bridgehead atoms. The van der Waals surface area contributed by atoms with Gasteiger partial charge in [0.25, 0.3) is 0 Å². The minimum absolute atomic E-state index is 0.224. The summed E-state index contributed by atoms with van der Waals surface area (Å²) in [6.45, 7) is 1.23. The molecule has 3 rings (SSSR count). The van der Waals surface area contributed by atoms with Gasteiger partial charge in [0.1, 0.15) is 11.5 Å². The van der Waals surface area contributed by atoms with Crippen molar-refractivity contribution < 1.29 is 4.39 Å². The highest BCUT2D eigenvalue weighted by molar-refractivity contribution is 9.10. The van der Waals surface area contributed by atoms with Crippen molar-refractivity contribution in [1.82, 2.24) is 14.7 Å². The Morgan fingerprint density at radius 2 is 2.10 bits per heavy atom. The summed E-state index contributed by atoms with van der Waals surface area (Å²) in [6.07, 6.45) is 3.96. The zero-order valence-electron chi connectivity index (χ0n) is 10.7. The number of nitrogens with one attached hydrogen (secondary N) is 1. The van der Waals surface area contributed by atoms with Crippen LogP contribution in [0.2, 0.25) is 0 Å². The topological polar surface area (TPSA) is 29.3 Å². The summed E-state index contributed by atoms with van der Waals surface area (Å²) in [5, 5.41) is 3.27. The molecule has 0 radical (unpaired) electrons. The normalized spacial score (nSPS) is 11.1. The number of pyridine rings is 1. The lowest BCUT2D eigenvalue weighted by Gasteiger charge is -2.05. The predicted molar refractivity (Wildman–Crippen MR) is 79.8 cm³/mol. The van der Waals surface area contributed by atoms with E-state index in [0.717, 1.165) is 21.4 Å². The maximum absolute atomic E-state index is 13.2. The second kappa shape index (κ2) is 5.73. The van der Waals surface area contributed by atoms with Gasteiger partial charge in [0.15, 0.2) is 0 Å². The molecule has 0 aliphatic carbocycles. The lowest BCUT2D eigenvalue weighted by molar-refractivity contribution is 0.618. The Kier molecular flexibility index (Phi) is 3.80. The molecule has 2 aromatic heterocycles. The molecule has 0 saturated carbocycles. The molecule has 0 spiro atoms. The molecule has 1 aromatic carbocycles. The fourth-order valence-electron chi connectivity index (χ4n) is 2.08. The van der Waals surface area contributed by atoms with Gasteiger partial charge in [0.2, 0.25) is 0 Å². The third-order valence-electron chi connectivity index (χ3n) is 3.04. The molecule has 3 aromatic rings. The molecule has 2 heterocycles. The van der Waals surface area contributed by atoms with Gasteiger partial charge in [0, 0.05) is 30.0 Å². The molecule has 0 aliphatic rings. The van der Waals surface area contributed by atoms with Crippen molar-refractivity contribution in [2.24, 2.45) is 0 Å². The summed E-state index contributed by atoms with van der Waals surface area (Å²) in [5.41, 5.74) is 2.79. The van der Waals surface area contributed by atoms with Crippen LogP contribution in [-0.4, -0.2) is 9.38 Å². The molecule has 0 fully saturated rings. The van der Waals surface area contributed by atoms with E-state index in [4.69, 9.17) is 0 Å². The minimum atomic E-state index is -0.224. The monoisotopic (exact) mass is 333 g/mol. The van der Waals surface area contributed by atoms with Gasteiger partial charge in [-0.25, -0.2) is 9.37 Å². The fourth-order valence-corrected chi connectivity index (χ4v) is 2.46. The molecule has 102 valence electrons. The Morgan fingerprint density at radius 3 is 2.95 bits per heavy atom. The van der Waals surface area contributed by atoms with Crippen LogP contribution in [0.5, 0.6) is 0 Å². The van der Waals surface area contributed by atoms with Gasteiger partial charge in [-0.05, 0) is 35.9 Å². The van der Waals surface area contributed by atoms with E-state index >= 15 is 0 Å². The van der Waals surface area contributed by atoms with Gasteiger partial charge in [-0.2, -0.15) is 0 Å². The van der Waals surface area contributed by atoms with Crippen LogP contribution in [0.4, 0.5) is 4.39 Å². The highest BCUT2D eigenvalue weighted by Gasteiger charge is 2.03. The van der Waals surface area contributed by atoms with Gasteiger partial charge in [-0.15, -0.1) is 0 Å². The first-order valence-electron chi connectivity index (χ1n) is 6.29. The highest BCUT2D eigenvalue weighted by Crippen LogP contribution is 2.17. The second-order valence-corrected chi connectivity index (χ2v) is 5.39. The number of imidazole rings is 1. The number of rotatable bonds is 4. The summed E-state index contributed by atoms with van der Waals surface area (Å²) in [6, 6.07) is 10.6. The number of hydrogen-bond donors (Lipinski definition) is 1. The Morgan fingerprint density at radius 1 is 1.20 bits per heavy atom. The van der Waals surface area contributed by atoms with Crippen molar-refractivity contribution in [2.45, 2.75) is 13.1 Å². The smallest absolute Gasteiger partial charge is 0.137 e. The minimum Gasteiger partial charge on any atom is -0.307 e. The summed E-state index contributed by atoms with van der Waals surface area (Å²) in [7, 11) is 0. The van der Waals surface area contributed by atoms with Gasteiger partial charge >= 0.3 is 0 Å². The van der Waals surface area contributed by atoms with E-state index in [2.05, 4.69) is 26.2 Å². The summed E-state index contributed by atoms with van der Waals surface area (Å²) in [5.74, 6) is -0.224. The molecule has 20 heavy (non-hydrogen) atoms. The molecule has 0 aliphatic heterocycles. The third-order valence-corrected chi connectivity index (χ3v) is 3.82. The van der Waals surface area contributed by atoms with Crippen molar-refractivity contribution in [1.29, 1.82) is 0 Å². The Bertz CT molecular complexity index is 706. The van der Waals surface area contributed by atoms with Crippen molar-refractivity contribution in [3.05, 3.63) is 70.3 Å². The number of aromatic nitrogens is 2.